The Morgan fingerprint density at radius 2 is 2.00 bits per heavy atom. The highest BCUT2D eigenvalue weighted by molar-refractivity contribution is 6.30. The number of halogens is 4. The highest BCUT2D eigenvalue weighted by Gasteiger charge is 2.33. The van der Waals surface area contributed by atoms with Crippen LogP contribution < -0.4 is 0 Å². The molecule has 1 fully saturated rings. The van der Waals surface area contributed by atoms with E-state index in [1.807, 2.05) is 18.2 Å². The molecule has 2 aromatic carbocycles. The van der Waals surface area contributed by atoms with Gasteiger partial charge in [0.05, 0.1) is 30.4 Å². The zero-order valence-electron chi connectivity index (χ0n) is 16.9. The number of benzene rings is 2. The van der Waals surface area contributed by atoms with Crippen LogP contribution in [-0.2, 0) is 12.7 Å². The van der Waals surface area contributed by atoms with Crippen molar-refractivity contribution < 1.29 is 18.3 Å². The SMILES string of the molecule is OCCN1CCCC(=Cc2ccc3c(cnn3Cc3ccc(Cl)cc3C(F)(F)F)c2)C1. The first-order valence-corrected chi connectivity index (χ1v) is 10.5. The summed E-state index contributed by atoms with van der Waals surface area (Å²) in [7, 11) is 0. The molecule has 0 amide bonds. The summed E-state index contributed by atoms with van der Waals surface area (Å²) >= 11 is 5.78. The lowest BCUT2D eigenvalue weighted by Gasteiger charge is -2.27. The van der Waals surface area contributed by atoms with E-state index in [0.717, 1.165) is 48.5 Å². The van der Waals surface area contributed by atoms with Gasteiger partial charge >= 0.3 is 6.18 Å². The van der Waals surface area contributed by atoms with Gasteiger partial charge in [0.2, 0.25) is 0 Å². The summed E-state index contributed by atoms with van der Waals surface area (Å²) in [6.45, 7) is 2.67. The van der Waals surface area contributed by atoms with Crippen LogP contribution in [0.3, 0.4) is 0 Å². The average Bonchev–Trinajstić information content (AvgIpc) is 3.11. The molecule has 164 valence electrons. The van der Waals surface area contributed by atoms with Crippen molar-refractivity contribution in [1.29, 1.82) is 0 Å². The number of piperidine rings is 1. The van der Waals surface area contributed by atoms with Crippen molar-refractivity contribution in [2.45, 2.75) is 25.6 Å². The Hall–Kier alpha value is -2.35. The highest BCUT2D eigenvalue weighted by Crippen LogP contribution is 2.34. The number of likely N-dealkylation sites (tertiary alicyclic amines) is 1. The molecule has 1 N–H and O–H groups in total. The summed E-state index contributed by atoms with van der Waals surface area (Å²) in [5.41, 5.74) is 2.50. The van der Waals surface area contributed by atoms with Gasteiger partial charge in [0, 0.05) is 23.5 Å². The summed E-state index contributed by atoms with van der Waals surface area (Å²) < 4.78 is 41.8. The van der Waals surface area contributed by atoms with E-state index < -0.39 is 11.7 Å². The molecule has 1 aliphatic rings. The maximum absolute atomic E-state index is 13.4. The number of hydrogen-bond acceptors (Lipinski definition) is 3. The van der Waals surface area contributed by atoms with E-state index in [1.165, 1.54) is 17.7 Å². The van der Waals surface area contributed by atoms with Crippen molar-refractivity contribution in [2.24, 2.45) is 0 Å². The van der Waals surface area contributed by atoms with Crippen molar-refractivity contribution in [3.63, 3.8) is 0 Å². The van der Waals surface area contributed by atoms with Crippen LogP contribution >= 0.6 is 11.6 Å². The predicted octanol–water partition coefficient (Wildman–Crippen LogP) is 5.23. The second-order valence-electron chi connectivity index (χ2n) is 7.83. The molecule has 4 nitrogen and oxygen atoms in total. The molecule has 0 unspecified atom stereocenters. The smallest absolute Gasteiger partial charge is 0.395 e. The summed E-state index contributed by atoms with van der Waals surface area (Å²) in [4.78, 5) is 2.23. The van der Waals surface area contributed by atoms with Crippen molar-refractivity contribution in [1.82, 2.24) is 14.7 Å². The number of aliphatic hydroxyl groups is 1. The van der Waals surface area contributed by atoms with Crippen LogP contribution in [0.1, 0.15) is 29.5 Å². The molecule has 0 bridgehead atoms. The number of rotatable bonds is 5. The number of β-amino-alcohol motifs (C(OH)–C–C–N with tert-alkyl or cyclic N) is 1. The van der Waals surface area contributed by atoms with Gasteiger partial charge in [0.1, 0.15) is 0 Å². The Kier molecular flexibility index (Phi) is 6.36. The largest absolute Gasteiger partial charge is 0.416 e. The van der Waals surface area contributed by atoms with Gasteiger partial charge in [-0.1, -0.05) is 35.4 Å². The van der Waals surface area contributed by atoms with E-state index in [2.05, 4.69) is 16.1 Å². The Balaban J connectivity index is 1.59. The minimum atomic E-state index is -4.48. The van der Waals surface area contributed by atoms with Crippen molar-refractivity contribution in [3.05, 3.63) is 69.9 Å². The van der Waals surface area contributed by atoms with Gasteiger partial charge in [0.15, 0.2) is 0 Å². The van der Waals surface area contributed by atoms with Crippen LogP contribution in [0.4, 0.5) is 13.2 Å². The Morgan fingerprint density at radius 1 is 1.16 bits per heavy atom. The van der Waals surface area contributed by atoms with Crippen molar-refractivity contribution in [2.75, 3.05) is 26.2 Å². The number of fused-ring (bicyclic) bond motifs is 1. The maximum atomic E-state index is 13.4. The third kappa shape index (κ3) is 5.11. The minimum absolute atomic E-state index is 0.00602. The molecule has 0 atom stereocenters. The van der Waals surface area contributed by atoms with E-state index in [9.17, 15) is 13.2 Å². The minimum Gasteiger partial charge on any atom is -0.395 e. The average molecular weight is 450 g/mol. The second-order valence-corrected chi connectivity index (χ2v) is 8.26. The standard InChI is InChI=1S/C23H23ClF3N3O/c24-20-5-4-18(21(12-20)23(25,26)27)15-30-22-6-3-16(11-19(22)13-28-30)10-17-2-1-7-29(14-17)8-9-31/h3-6,10-13,31H,1-2,7-9,14-15H2. The van der Waals surface area contributed by atoms with E-state index >= 15 is 0 Å². The van der Waals surface area contributed by atoms with Crippen LogP contribution in [0, 0.1) is 0 Å². The Morgan fingerprint density at radius 3 is 2.77 bits per heavy atom. The third-order valence-electron chi connectivity index (χ3n) is 5.55. The normalized spacial score (nSPS) is 17.0. The van der Waals surface area contributed by atoms with Gasteiger partial charge in [-0.2, -0.15) is 18.3 Å². The van der Waals surface area contributed by atoms with Gasteiger partial charge in [-0.3, -0.25) is 9.58 Å². The second kappa shape index (κ2) is 9.02. The fourth-order valence-electron chi connectivity index (χ4n) is 4.09. The number of hydrogen-bond donors (Lipinski definition) is 1. The van der Waals surface area contributed by atoms with Gasteiger partial charge < -0.3 is 5.11 Å². The van der Waals surface area contributed by atoms with Crippen molar-refractivity contribution >= 4 is 28.6 Å². The molecular formula is C23H23ClF3N3O. The van der Waals surface area contributed by atoms with E-state index in [1.54, 1.807) is 10.9 Å². The predicted molar refractivity (Wildman–Crippen MR) is 116 cm³/mol. The molecule has 2 heterocycles. The lowest BCUT2D eigenvalue weighted by atomic mass is 10.0. The molecule has 31 heavy (non-hydrogen) atoms. The zero-order valence-corrected chi connectivity index (χ0v) is 17.6. The van der Waals surface area contributed by atoms with Crippen LogP contribution in [0.2, 0.25) is 5.02 Å². The maximum Gasteiger partial charge on any atom is 0.416 e. The molecule has 1 aromatic heterocycles. The van der Waals surface area contributed by atoms with Crippen LogP contribution in [0.25, 0.3) is 17.0 Å². The first kappa shape index (κ1) is 21.9. The van der Waals surface area contributed by atoms with E-state index in [0.29, 0.717) is 6.54 Å². The number of alkyl halides is 3. The molecule has 1 aliphatic heterocycles. The number of nitrogens with zero attached hydrogens (tertiary/aromatic N) is 3. The van der Waals surface area contributed by atoms with E-state index in [4.69, 9.17) is 16.7 Å². The van der Waals surface area contributed by atoms with Crippen LogP contribution in [-0.4, -0.2) is 46.0 Å². The summed E-state index contributed by atoms with van der Waals surface area (Å²) in [5, 5.41) is 14.4. The fraction of sp³-hybridized carbons (Fsp3) is 0.348. The van der Waals surface area contributed by atoms with E-state index in [-0.39, 0.29) is 23.7 Å². The molecule has 0 radical (unpaired) electrons. The molecule has 4 rings (SSSR count). The lowest BCUT2D eigenvalue weighted by Crippen LogP contribution is -2.33. The van der Waals surface area contributed by atoms with Crippen LogP contribution in [0.5, 0.6) is 0 Å². The number of aliphatic hydroxyl groups excluding tert-OH is 1. The first-order valence-electron chi connectivity index (χ1n) is 10.2. The topological polar surface area (TPSA) is 41.3 Å². The Labute approximate surface area is 183 Å². The quantitative estimate of drug-likeness (QED) is 0.580. The fourth-order valence-corrected chi connectivity index (χ4v) is 4.27. The summed E-state index contributed by atoms with van der Waals surface area (Å²) in [6, 6.07) is 9.68. The lowest BCUT2D eigenvalue weighted by molar-refractivity contribution is -0.138. The molecule has 0 saturated carbocycles. The molecule has 0 spiro atoms. The molecule has 0 aliphatic carbocycles. The molecule has 8 heteroatoms. The monoisotopic (exact) mass is 449 g/mol. The highest BCUT2D eigenvalue weighted by atomic mass is 35.5. The molecule has 3 aromatic rings. The van der Waals surface area contributed by atoms with Gasteiger partial charge in [-0.25, -0.2) is 0 Å². The first-order chi connectivity index (χ1) is 14.8. The summed E-state index contributed by atoms with van der Waals surface area (Å²) in [6.07, 6.45) is 1.44. The molecular weight excluding hydrogens is 427 g/mol. The number of aromatic nitrogens is 2. The van der Waals surface area contributed by atoms with Gasteiger partial charge in [-0.05, 0) is 54.8 Å². The summed E-state index contributed by atoms with van der Waals surface area (Å²) in [5.74, 6) is 0. The van der Waals surface area contributed by atoms with Gasteiger partial charge in [0.25, 0.3) is 0 Å². The zero-order chi connectivity index (χ0) is 22.0. The van der Waals surface area contributed by atoms with Crippen LogP contribution in [0.15, 0.2) is 48.2 Å². The van der Waals surface area contributed by atoms with Crippen molar-refractivity contribution in [3.8, 4) is 0 Å². The molecule has 1 saturated heterocycles. The third-order valence-corrected chi connectivity index (χ3v) is 5.78. The van der Waals surface area contributed by atoms with Gasteiger partial charge in [-0.15, -0.1) is 0 Å². The Bertz CT molecular complexity index is 1110.